The van der Waals surface area contributed by atoms with Crippen LogP contribution in [0.15, 0.2) is 0 Å². The van der Waals surface area contributed by atoms with Crippen molar-refractivity contribution in [1.82, 2.24) is 0 Å². The number of nitrogens with two attached hydrogens (primary N) is 1. The quantitative estimate of drug-likeness (QED) is 0.592. The van der Waals surface area contributed by atoms with E-state index < -0.39 is 0 Å². The fourth-order valence-corrected chi connectivity index (χ4v) is 10.4. The fraction of sp³-hybridized carbons (Fsp3) is 1.00. The highest BCUT2D eigenvalue weighted by Gasteiger charge is 2.22. The molecule has 55 valence electrons. The van der Waals surface area contributed by atoms with E-state index in [-0.39, 0.29) is 8.31 Å². The van der Waals surface area contributed by atoms with Gasteiger partial charge in [0.1, 0.15) is 0 Å². The fourth-order valence-electron chi connectivity index (χ4n) is 0.901. The van der Waals surface area contributed by atoms with E-state index in [9.17, 15) is 0 Å². The standard InChI is InChI=1S/C5H12NOSi3/c1-2-5(6)10-4-3-7-8-9-10/h5H,2-4,6H2,1H3. The van der Waals surface area contributed by atoms with E-state index in [0.29, 0.717) is 5.67 Å². The molecule has 0 bridgehead atoms. The van der Waals surface area contributed by atoms with E-state index >= 15 is 0 Å². The second-order valence-corrected chi connectivity index (χ2v) is 10.9. The van der Waals surface area contributed by atoms with Gasteiger partial charge in [0.2, 0.25) is 9.28 Å². The lowest BCUT2D eigenvalue weighted by molar-refractivity contribution is 0.366. The van der Waals surface area contributed by atoms with Crippen molar-refractivity contribution < 1.29 is 4.43 Å². The summed E-state index contributed by atoms with van der Waals surface area (Å²) in [7, 11) is 1.65. The lowest BCUT2D eigenvalue weighted by Crippen LogP contribution is -2.48. The molecule has 1 fully saturated rings. The topological polar surface area (TPSA) is 35.2 Å². The maximum atomic E-state index is 5.95. The molecule has 1 heterocycles. The Kier molecular flexibility index (Phi) is 3.86. The normalized spacial score (nSPS) is 24.6. The molecule has 0 aromatic rings. The largest absolute Gasteiger partial charge is 0.422 e. The molecule has 5 heteroatoms. The van der Waals surface area contributed by atoms with Crippen molar-refractivity contribution in [3.8, 4) is 0 Å². The summed E-state index contributed by atoms with van der Waals surface area (Å²) in [4.78, 5) is 0. The van der Waals surface area contributed by atoms with E-state index in [0.717, 1.165) is 30.9 Å². The van der Waals surface area contributed by atoms with Gasteiger partial charge in [-0.25, -0.2) is 0 Å². The third kappa shape index (κ3) is 2.31. The van der Waals surface area contributed by atoms with Gasteiger partial charge in [-0.3, -0.25) is 0 Å². The summed E-state index contributed by atoms with van der Waals surface area (Å²) in [6.07, 6.45) is 1.16. The lowest BCUT2D eigenvalue weighted by atomic mass is 10.5. The summed E-state index contributed by atoms with van der Waals surface area (Å²) in [6.45, 7) is 3.17. The third-order valence-electron chi connectivity index (χ3n) is 1.64. The van der Waals surface area contributed by atoms with Crippen molar-refractivity contribution in [2.45, 2.75) is 25.1 Å². The summed E-state index contributed by atoms with van der Waals surface area (Å²) in [5.74, 6) is 0. The van der Waals surface area contributed by atoms with Crippen LogP contribution in [0.4, 0.5) is 0 Å². The predicted octanol–water partition coefficient (Wildman–Crippen LogP) is -0.477. The number of rotatable bonds is 2. The minimum absolute atomic E-state index is 0.184. The molecule has 1 saturated heterocycles. The van der Waals surface area contributed by atoms with Crippen LogP contribution in [0.25, 0.3) is 0 Å². The number of hydrogen-bond donors (Lipinski definition) is 1. The van der Waals surface area contributed by atoms with Gasteiger partial charge in [0.15, 0.2) is 0 Å². The van der Waals surface area contributed by atoms with Crippen molar-refractivity contribution in [3.63, 3.8) is 0 Å². The second-order valence-electron chi connectivity index (χ2n) is 2.37. The summed E-state index contributed by atoms with van der Waals surface area (Å²) in [6, 6.07) is 1.28. The SMILES string of the molecule is CCC(N)[Si]1CCO[Si][Si]1. The van der Waals surface area contributed by atoms with Gasteiger partial charge in [-0.15, -0.1) is 0 Å². The Morgan fingerprint density at radius 2 is 2.60 bits per heavy atom. The van der Waals surface area contributed by atoms with E-state index in [2.05, 4.69) is 6.92 Å². The molecule has 0 spiro atoms. The molecule has 5 radical (unpaired) electrons. The van der Waals surface area contributed by atoms with Crippen LogP contribution >= 0.6 is 0 Å². The molecule has 0 aromatic carbocycles. The molecule has 10 heavy (non-hydrogen) atoms. The Morgan fingerprint density at radius 1 is 1.80 bits per heavy atom. The second kappa shape index (κ2) is 4.45. The molecule has 2 N–H and O–H groups in total. The van der Waals surface area contributed by atoms with Gasteiger partial charge >= 0.3 is 0 Å². The molecule has 1 unspecified atom stereocenters. The molecular formula is C5H12NOSi3. The first kappa shape index (κ1) is 8.67. The van der Waals surface area contributed by atoms with Crippen molar-refractivity contribution in [2.24, 2.45) is 5.73 Å². The van der Waals surface area contributed by atoms with Crippen LogP contribution in [0, 0.1) is 0 Å². The molecular weight excluding hydrogens is 174 g/mol. The summed E-state index contributed by atoms with van der Waals surface area (Å²) < 4.78 is 5.30. The van der Waals surface area contributed by atoms with Gasteiger partial charge in [-0.1, -0.05) is 6.92 Å². The monoisotopic (exact) mass is 186 g/mol. The zero-order valence-electron chi connectivity index (χ0n) is 6.18. The van der Waals surface area contributed by atoms with Gasteiger partial charge in [-0.05, 0) is 18.1 Å². The minimum Gasteiger partial charge on any atom is -0.422 e. The Morgan fingerprint density at radius 3 is 3.10 bits per heavy atom. The highest BCUT2D eigenvalue weighted by molar-refractivity contribution is 7.35. The summed E-state index contributed by atoms with van der Waals surface area (Å²) >= 11 is 0. The van der Waals surface area contributed by atoms with Gasteiger partial charge in [0, 0.05) is 6.61 Å². The van der Waals surface area contributed by atoms with Gasteiger partial charge in [0.05, 0.1) is 16.9 Å². The molecule has 1 atom stereocenters. The zero-order valence-corrected chi connectivity index (χ0v) is 9.18. The maximum absolute atomic E-state index is 5.95. The average molecular weight is 186 g/mol. The Balaban J connectivity index is 2.24. The van der Waals surface area contributed by atoms with Gasteiger partial charge in [0.25, 0.3) is 0 Å². The van der Waals surface area contributed by atoms with Crippen molar-refractivity contribution in [1.29, 1.82) is 0 Å². The zero-order chi connectivity index (χ0) is 7.40. The molecule has 2 nitrogen and oxygen atoms in total. The van der Waals surface area contributed by atoms with Gasteiger partial charge < -0.3 is 10.2 Å². The molecule has 1 aliphatic rings. The highest BCUT2D eigenvalue weighted by atomic mass is 29.5. The summed E-state index contributed by atoms with van der Waals surface area (Å²) in [5, 5.41) is 0. The molecule has 0 aliphatic carbocycles. The third-order valence-corrected chi connectivity index (χ3v) is 11.8. The first-order valence-corrected chi connectivity index (χ1v) is 9.28. The van der Waals surface area contributed by atoms with Crippen LogP contribution in [0.2, 0.25) is 6.04 Å². The molecule has 0 saturated carbocycles. The first-order valence-electron chi connectivity index (χ1n) is 3.58. The Bertz CT molecular complexity index is 96.9. The van der Waals surface area contributed by atoms with Crippen molar-refractivity contribution >= 4 is 26.1 Å². The predicted molar refractivity (Wildman–Crippen MR) is 46.3 cm³/mol. The minimum atomic E-state index is -0.184. The molecule has 1 rings (SSSR count). The smallest absolute Gasteiger partial charge is 0.202 e. The molecule has 0 aromatic heterocycles. The van der Waals surface area contributed by atoms with Crippen LogP contribution in [0.1, 0.15) is 13.3 Å². The number of hydrogen-bond acceptors (Lipinski definition) is 2. The van der Waals surface area contributed by atoms with Crippen molar-refractivity contribution in [3.05, 3.63) is 0 Å². The van der Waals surface area contributed by atoms with Crippen LogP contribution in [0.3, 0.4) is 0 Å². The molecule has 0 amide bonds. The van der Waals surface area contributed by atoms with Crippen LogP contribution in [-0.4, -0.2) is 38.4 Å². The Labute approximate surface area is 68.5 Å². The van der Waals surface area contributed by atoms with Crippen LogP contribution in [-0.2, 0) is 4.43 Å². The highest BCUT2D eigenvalue weighted by Crippen LogP contribution is 2.03. The van der Waals surface area contributed by atoms with E-state index in [1.165, 1.54) is 6.04 Å². The molecule has 1 aliphatic heterocycles. The van der Waals surface area contributed by atoms with E-state index in [1.54, 1.807) is 0 Å². The Hall–Kier alpha value is 0.571. The van der Waals surface area contributed by atoms with Crippen molar-refractivity contribution in [2.75, 3.05) is 6.61 Å². The van der Waals surface area contributed by atoms with Crippen LogP contribution in [0.5, 0.6) is 0 Å². The summed E-state index contributed by atoms with van der Waals surface area (Å²) in [5.41, 5.74) is 6.48. The average Bonchev–Trinajstić information content (AvgIpc) is 2.05. The lowest BCUT2D eigenvalue weighted by Gasteiger charge is -2.23. The maximum Gasteiger partial charge on any atom is 0.202 e. The van der Waals surface area contributed by atoms with Gasteiger partial charge in [-0.2, -0.15) is 0 Å². The first-order chi connectivity index (χ1) is 4.84. The van der Waals surface area contributed by atoms with Crippen LogP contribution < -0.4 is 5.73 Å². The van der Waals surface area contributed by atoms with E-state index in [4.69, 9.17) is 10.2 Å². The van der Waals surface area contributed by atoms with E-state index in [1.807, 2.05) is 0 Å².